The van der Waals surface area contributed by atoms with Gasteiger partial charge in [-0.25, -0.2) is 9.97 Å². The molecule has 0 aliphatic heterocycles. The molecule has 3 aromatic heterocycles. The molecule has 0 unspecified atom stereocenters. The van der Waals surface area contributed by atoms with Gasteiger partial charge in [0.05, 0.1) is 17.6 Å². The van der Waals surface area contributed by atoms with Crippen LogP contribution in [0.4, 0.5) is 11.5 Å². The Kier molecular flexibility index (Phi) is 6.96. The van der Waals surface area contributed by atoms with Gasteiger partial charge in [-0.3, -0.25) is 4.79 Å². The Morgan fingerprint density at radius 3 is 2.68 bits per heavy atom. The number of carbonyl (C=O) groups is 1. The van der Waals surface area contributed by atoms with Gasteiger partial charge in [0, 0.05) is 32.8 Å². The summed E-state index contributed by atoms with van der Waals surface area (Å²) in [7, 11) is 0. The number of nitrogens with zero attached hydrogens (tertiary/aromatic N) is 2. The van der Waals surface area contributed by atoms with E-state index in [-0.39, 0.29) is 6.42 Å². The molecule has 0 radical (unpaired) electrons. The van der Waals surface area contributed by atoms with Gasteiger partial charge in [-0.1, -0.05) is 36.4 Å². The number of furan rings is 1. The largest absolute Gasteiger partial charge is 0.481 e. The average molecular weight is 508 g/mol. The monoisotopic (exact) mass is 507 g/mol. The molecular weight excluding hydrogens is 482 g/mol. The van der Waals surface area contributed by atoms with Crippen LogP contribution in [0.5, 0.6) is 0 Å². The number of hydrogen-bond donors (Lipinski definition) is 2. The Morgan fingerprint density at radius 2 is 1.89 bits per heavy atom. The third-order valence-electron chi connectivity index (χ3n) is 5.92. The Hall–Kier alpha value is -4.49. The number of aliphatic carboxylic acids is 1. The van der Waals surface area contributed by atoms with Crippen molar-refractivity contribution >= 4 is 51.9 Å². The summed E-state index contributed by atoms with van der Waals surface area (Å²) in [4.78, 5) is 22.7. The van der Waals surface area contributed by atoms with Crippen molar-refractivity contribution in [2.24, 2.45) is 0 Å². The number of para-hydroxylation sites is 1. The molecule has 37 heavy (non-hydrogen) atoms. The van der Waals surface area contributed by atoms with Crippen LogP contribution in [-0.4, -0.2) is 21.0 Å². The van der Waals surface area contributed by atoms with E-state index in [1.807, 2.05) is 55.5 Å². The van der Waals surface area contributed by atoms with E-state index >= 15 is 0 Å². The zero-order valence-electron chi connectivity index (χ0n) is 20.3. The molecule has 5 rings (SSSR count). The van der Waals surface area contributed by atoms with Gasteiger partial charge < -0.3 is 14.8 Å². The van der Waals surface area contributed by atoms with Crippen LogP contribution < -0.4 is 5.32 Å². The van der Waals surface area contributed by atoms with Crippen molar-refractivity contribution in [2.75, 3.05) is 5.32 Å². The van der Waals surface area contributed by atoms with Crippen molar-refractivity contribution in [3.05, 3.63) is 107 Å². The van der Waals surface area contributed by atoms with Gasteiger partial charge in [-0.15, -0.1) is 17.9 Å². The van der Waals surface area contributed by atoms with Gasteiger partial charge in [-0.2, -0.15) is 0 Å². The highest BCUT2D eigenvalue weighted by molar-refractivity contribution is 7.16. The normalized spacial score (nSPS) is 11.3. The molecule has 0 amide bonds. The quantitative estimate of drug-likeness (QED) is 0.201. The third kappa shape index (κ3) is 5.52. The van der Waals surface area contributed by atoms with Crippen LogP contribution >= 0.6 is 11.3 Å². The van der Waals surface area contributed by atoms with Crippen LogP contribution in [0.15, 0.2) is 84.0 Å². The summed E-state index contributed by atoms with van der Waals surface area (Å²) in [5, 5.41) is 13.5. The van der Waals surface area contributed by atoms with Crippen LogP contribution in [-0.2, 0) is 17.6 Å². The minimum absolute atomic E-state index is 0.00919. The standard InChI is InChI=1S/C30H25N3O3S/c1-3-6-24-19(2)31-30(33-29(24)32-22-12-9-20(10-13-22)17-28(34)35)27-16-15-23(37-27)14-11-21-18-36-26-8-5-4-7-25(21)26/h3-5,7-16,18H,1,6,17H2,2H3,(H,34,35)(H,31,32,33). The first kappa shape index (κ1) is 24.2. The van der Waals surface area contributed by atoms with E-state index in [0.717, 1.165) is 48.8 Å². The smallest absolute Gasteiger partial charge is 0.307 e. The fourth-order valence-corrected chi connectivity index (χ4v) is 4.92. The van der Waals surface area contributed by atoms with Crippen LogP contribution in [0.25, 0.3) is 33.8 Å². The van der Waals surface area contributed by atoms with Crippen molar-refractivity contribution < 1.29 is 14.3 Å². The van der Waals surface area contributed by atoms with E-state index < -0.39 is 5.97 Å². The summed E-state index contributed by atoms with van der Waals surface area (Å²) in [6.07, 6.45) is 8.35. The van der Waals surface area contributed by atoms with Crippen molar-refractivity contribution in [3.63, 3.8) is 0 Å². The first-order valence-corrected chi connectivity index (χ1v) is 12.6. The number of thiophene rings is 1. The van der Waals surface area contributed by atoms with Crippen molar-refractivity contribution in [1.82, 2.24) is 9.97 Å². The number of rotatable bonds is 9. The summed E-state index contributed by atoms with van der Waals surface area (Å²) in [5.41, 5.74) is 5.32. The Bertz CT molecular complexity index is 1610. The molecule has 3 heterocycles. The zero-order valence-corrected chi connectivity index (χ0v) is 21.1. The van der Waals surface area contributed by atoms with E-state index in [9.17, 15) is 4.79 Å². The van der Waals surface area contributed by atoms with Crippen LogP contribution in [0.3, 0.4) is 0 Å². The van der Waals surface area contributed by atoms with Crippen LogP contribution in [0.1, 0.15) is 27.3 Å². The highest BCUT2D eigenvalue weighted by atomic mass is 32.1. The Morgan fingerprint density at radius 1 is 1.08 bits per heavy atom. The lowest BCUT2D eigenvalue weighted by molar-refractivity contribution is -0.136. The molecule has 0 aliphatic carbocycles. The fraction of sp³-hybridized carbons (Fsp3) is 0.100. The van der Waals surface area contributed by atoms with Gasteiger partial charge in [0.15, 0.2) is 5.82 Å². The lowest BCUT2D eigenvalue weighted by atomic mass is 10.1. The summed E-state index contributed by atoms with van der Waals surface area (Å²) in [6, 6.07) is 19.4. The predicted molar refractivity (Wildman–Crippen MR) is 150 cm³/mol. The lowest BCUT2D eigenvalue weighted by Crippen LogP contribution is -2.05. The average Bonchev–Trinajstić information content (AvgIpc) is 3.53. The van der Waals surface area contributed by atoms with Gasteiger partial charge in [0.1, 0.15) is 11.4 Å². The molecule has 6 nitrogen and oxygen atoms in total. The number of fused-ring (bicyclic) bond motifs is 1. The molecule has 7 heteroatoms. The molecular formula is C30H25N3O3S. The molecule has 0 spiro atoms. The van der Waals surface area contributed by atoms with Crippen LogP contribution in [0, 0.1) is 6.92 Å². The summed E-state index contributed by atoms with van der Waals surface area (Å²) in [6.45, 7) is 5.85. The number of carboxylic acids is 1. The van der Waals surface area contributed by atoms with E-state index in [1.165, 1.54) is 0 Å². The number of nitrogens with one attached hydrogen (secondary N) is 1. The minimum Gasteiger partial charge on any atom is -0.481 e. The maximum absolute atomic E-state index is 11.0. The number of aromatic nitrogens is 2. The van der Waals surface area contributed by atoms with Gasteiger partial charge >= 0.3 is 5.97 Å². The van der Waals surface area contributed by atoms with Gasteiger partial charge in [0.25, 0.3) is 0 Å². The molecule has 0 fully saturated rings. The van der Waals surface area contributed by atoms with E-state index in [4.69, 9.17) is 19.5 Å². The minimum atomic E-state index is -0.853. The van der Waals surface area contributed by atoms with E-state index in [0.29, 0.717) is 18.1 Å². The molecule has 5 aromatic rings. The van der Waals surface area contributed by atoms with Crippen molar-refractivity contribution in [2.45, 2.75) is 19.8 Å². The second-order valence-corrected chi connectivity index (χ2v) is 9.68. The molecule has 0 aliphatic rings. The molecule has 0 atom stereocenters. The number of aryl methyl sites for hydroxylation is 1. The topological polar surface area (TPSA) is 88.3 Å². The zero-order chi connectivity index (χ0) is 25.8. The van der Waals surface area contributed by atoms with E-state index in [2.05, 4.69) is 30.1 Å². The number of benzene rings is 2. The van der Waals surface area contributed by atoms with Crippen LogP contribution in [0.2, 0.25) is 0 Å². The van der Waals surface area contributed by atoms with E-state index in [1.54, 1.807) is 29.7 Å². The van der Waals surface area contributed by atoms with Crippen molar-refractivity contribution in [3.8, 4) is 10.7 Å². The maximum atomic E-state index is 11.0. The maximum Gasteiger partial charge on any atom is 0.307 e. The summed E-state index contributed by atoms with van der Waals surface area (Å²) >= 11 is 1.62. The fourth-order valence-electron chi connectivity index (χ4n) is 4.08. The van der Waals surface area contributed by atoms with Gasteiger partial charge in [-0.05, 0) is 61.4 Å². The van der Waals surface area contributed by atoms with Crippen molar-refractivity contribution in [1.29, 1.82) is 0 Å². The number of anilines is 2. The number of hydrogen-bond acceptors (Lipinski definition) is 6. The first-order valence-electron chi connectivity index (χ1n) is 11.8. The molecule has 2 N–H and O–H groups in total. The Labute approximate surface area is 218 Å². The molecule has 184 valence electrons. The Balaban J connectivity index is 1.41. The van der Waals surface area contributed by atoms with Gasteiger partial charge in [0.2, 0.25) is 0 Å². The number of carboxylic acid groups (broad SMARTS) is 1. The third-order valence-corrected chi connectivity index (χ3v) is 6.97. The summed E-state index contributed by atoms with van der Waals surface area (Å²) < 4.78 is 5.63. The first-order chi connectivity index (χ1) is 18.0. The lowest BCUT2D eigenvalue weighted by Gasteiger charge is -2.14. The summed E-state index contributed by atoms with van der Waals surface area (Å²) in [5.74, 6) is 0.505. The second kappa shape index (κ2) is 10.6. The highest BCUT2D eigenvalue weighted by Gasteiger charge is 2.14. The highest BCUT2D eigenvalue weighted by Crippen LogP contribution is 2.31. The second-order valence-electron chi connectivity index (χ2n) is 8.57. The predicted octanol–water partition coefficient (Wildman–Crippen LogP) is 7.53. The molecule has 0 saturated heterocycles. The molecule has 0 bridgehead atoms. The molecule has 2 aromatic carbocycles. The molecule has 0 saturated carbocycles. The number of allylic oxidation sites excluding steroid dienone is 1. The SMILES string of the molecule is C=CCc1c(C)nc(-c2ccc(C=Cc3coc4ccccc34)s2)nc1Nc1ccc(CC(=O)O)cc1.